The summed E-state index contributed by atoms with van der Waals surface area (Å²) in [6.07, 6.45) is -0.319. The molecule has 0 atom stereocenters. The Balaban J connectivity index is 1.36. The van der Waals surface area contributed by atoms with Gasteiger partial charge in [-0.1, -0.05) is 17.7 Å². The lowest BCUT2D eigenvalue weighted by Crippen LogP contribution is -2.40. The highest BCUT2D eigenvalue weighted by atomic mass is 35.5. The Morgan fingerprint density at radius 1 is 1.03 bits per heavy atom. The number of benzene rings is 1. The van der Waals surface area contributed by atoms with Crippen molar-refractivity contribution >= 4 is 29.0 Å². The van der Waals surface area contributed by atoms with E-state index in [0.29, 0.717) is 16.4 Å². The number of hydrogen-bond donors (Lipinski definition) is 2. The van der Waals surface area contributed by atoms with Crippen LogP contribution in [0, 0.1) is 0 Å². The third-order valence-electron chi connectivity index (χ3n) is 5.30. The molecule has 9 heteroatoms. The number of carbonyl (C=O) groups is 1. The van der Waals surface area contributed by atoms with Crippen LogP contribution >= 0.6 is 11.6 Å². The number of fused-ring (bicyclic) bond motifs is 1. The van der Waals surface area contributed by atoms with Crippen LogP contribution in [0.3, 0.4) is 0 Å². The summed E-state index contributed by atoms with van der Waals surface area (Å²) in [5, 5.41) is 6.94. The van der Waals surface area contributed by atoms with E-state index >= 15 is 0 Å². The van der Waals surface area contributed by atoms with Crippen LogP contribution in [0.5, 0.6) is 0 Å². The fourth-order valence-corrected chi connectivity index (χ4v) is 3.85. The molecule has 1 fully saturated rings. The molecule has 1 aromatic carbocycles. The highest BCUT2D eigenvalue weighted by Crippen LogP contribution is 2.30. The van der Waals surface area contributed by atoms with E-state index in [1.807, 2.05) is 0 Å². The lowest BCUT2D eigenvalue weighted by molar-refractivity contribution is -0.140. The number of alkyl halides is 3. The van der Waals surface area contributed by atoms with Gasteiger partial charge in [-0.3, -0.25) is 9.20 Å². The zero-order valence-electron chi connectivity index (χ0n) is 15.9. The van der Waals surface area contributed by atoms with Crippen molar-refractivity contribution in [1.29, 1.82) is 0 Å². The first kappa shape index (κ1) is 20.5. The molecule has 0 bridgehead atoms. The van der Waals surface area contributed by atoms with Crippen LogP contribution in [-0.4, -0.2) is 27.4 Å². The summed E-state index contributed by atoms with van der Waals surface area (Å²) in [6, 6.07) is 11.9. The van der Waals surface area contributed by atoms with Crippen molar-refractivity contribution < 1.29 is 18.0 Å². The van der Waals surface area contributed by atoms with Gasteiger partial charge in [-0.25, -0.2) is 4.98 Å². The van der Waals surface area contributed by atoms with Crippen molar-refractivity contribution in [2.45, 2.75) is 43.9 Å². The first-order valence-electron chi connectivity index (χ1n) is 9.68. The van der Waals surface area contributed by atoms with Crippen LogP contribution < -0.4 is 10.6 Å². The number of nitrogens with one attached hydrogen (secondary N) is 2. The maximum absolute atomic E-state index is 13.0. The van der Waals surface area contributed by atoms with Gasteiger partial charge in [-0.15, -0.1) is 0 Å². The normalized spacial score (nSPS) is 19.6. The molecule has 0 radical (unpaired) electrons. The number of imidazole rings is 1. The monoisotopic (exact) mass is 436 g/mol. The highest BCUT2D eigenvalue weighted by Gasteiger charge is 2.34. The maximum Gasteiger partial charge on any atom is 0.434 e. The maximum atomic E-state index is 13.0. The van der Waals surface area contributed by atoms with Gasteiger partial charge in [0.1, 0.15) is 11.5 Å². The van der Waals surface area contributed by atoms with Crippen LogP contribution in [0.4, 0.5) is 19.0 Å². The highest BCUT2D eigenvalue weighted by molar-refractivity contribution is 6.30. The molecular formula is C21H20ClF3N4O. The van der Waals surface area contributed by atoms with E-state index in [-0.39, 0.29) is 23.6 Å². The van der Waals surface area contributed by atoms with E-state index in [1.54, 1.807) is 42.5 Å². The van der Waals surface area contributed by atoms with E-state index in [0.717, 1.165) is 31.9 Å². The Kier molecular flexibility index (Phi) is 5.60. The lowest BCUT2D eigenvalue weighted by Gasteiger charge is -2.30. The van der Waals surface area contributed by atoms with Crippen molar-refractivity contribution in [2.24, 2.45) is 0 Å². The number of aromatic nitrogens is 2. The van der Waals surface area contributed by atoms with Gasteiger partial charge in [0.15, 0.2) is 5.69 Å². The van der Waals surface area contributed by atoms with E-state index in [9.17, 15) is 18.0 Å². The number of amides is 1. The van der Waals surface area contributed by atoms with Crippen LogP contribution in [0.25, 0.3) is 5.65 Å². The van der Waals surface area contributed by atoms with E-state index in [4.69, 9.17) is 11.6 Å². The summed E-state index contributed by atoms with van der Waals surface area (Å²) < 4.78 is 40.3. The van der Waals surface area contributed by atoms with Gasteiger partial charge >= 0.3 is 6.18 Å². The second-order valence-corrected chi connectivity index (χ2v) is 7.87. The molecule has 1 saturated carbocycles. The van der Waals surface area contributed by atoms with Gasteiger partial charge in [0.25, 0.3) is 5.91 Å². The predicted octanol–water partition coefficient (Wildman–Crippen LogP) is 5.16. The average molecular weight is 437 g/mol. The molecule has 0 spiro atoms. The molecule has 4 rings (SSSR count). The van der Waals surface area contributed by atoms with Gasteiger partial charge < -0.3 is 10.6 Å². The zero-order chi connectivity index (χ0) is 21.3. The molecule has 158 valence electrons. The number of halogens is 4. The zero-order valence-corrected chi connectivity index (χ0v) is 16.7. The minimum atomic E-state index is -4.48. The van der Waals surface area contributed by atoms with Gasteiger partial charge in [-0.2, -0.15) is 13.2 Å². The summed E-state index contributed by atoms with van der Waals surface area (Å²) in [5.41, 5.74) is -0.103. The number of carbonyl (C=O) groups excluding carboxylic acids is 1. The summed E-state index contributed by atoms with van der Waals surface area (Å²) in [6.45, 7) is 0. The molecule has 5 nitrogen and oxygen atoms in total. The largest absolute Gasteiger partial charge is 0.434 e. The standard InChI is InChI=1S/C21H20ClF3N4O/c22-14-6-4-13(5-7-14)20(30)27-16-10-8-15(9-11-16)26-18-2-1-3-19-28-17(12-29(18)19)21(23,24)25/h1-7,12,15-16,26H,8-11H2,(H,27,30). The SMILES string of the molecule is O=C(NC1CCC(Nc2cccc3nc(C(F)(F)F)cn23)CC1)c1ccc(Cl)cc1. The molecule has 3 aromatic rings. The predicted molar refractivity (Wildman–Crippen MR) is 109 cm³/mol. The molecular weight excluding hydrogens is 417 g/mol. The van der Waals surface area contributed by atoms with Crippen molar-refractivity contribution in [2.75, 3.05) is 5.32 Å². The third-order valence-corrected chi connectivity index (χ3v) is 5.56. The molecule has 2 N–H and O–H groups in total. The fourth-order valence-electron chi connectivity index (χ4n) is 3.73. The quantitative estimate of drug-likeness (QED) is 0.594. The molecule has 1 aliphatic rings. The Morgan fingerprint density at radius 2 is 1.70 bits per heavy atom. The Labute approximate surface area is 176 Å². The molecule has 2 heterocycles. The molecule has 0 saturated heterocycles. The third kappa shape index (κ3) is 4.53. The second kappa shape index (κ2) is 8.18. The number of rotatable bonds is 4. The first-order valence-corrected chi connectivity index (χ1v) is 10.1. The van der Waals surface area contributed by atoms with E-state index in [2.05, 4.69) is 15.6 Å². The molecule has 1 aliphatic carbocycles. The van der Waals surface area contributed by atoms with Gasteiger partial charge in [0.2, 0.25) is 0 Å². The molecule has 30 heavy (non-hydrogen) atoms. The second-order valence-electron chi connectivity index (χ2n) is 7.44. The summed E-state index contributed by atoms with van der Waals surface area (Å²) >= 11 is 5.85. The topological polar surface area (TPSA) is 58.4 Å². The van der Waals surface area contributed by atoms with Crippen LogP contribution in [0.2, 0.25) is 5.02 Å². The summed E-state index contributed by atoms with van der Waals surface area (Å²) in [4.78, 5) is 16.0. The minimum absolute atomic E-state index is 0.0621. The Bertz CT molecular complexity index is 1040. The van der Waals surface area contributed by atoms with Gasteiger partial charge in [-0.05, 0) is 62.1 Å². The summed E-state index contributed by atoms with van der Waals surface area (Å²) in [7, 11) is 0. The molecule has 0 unspecified atom stereocenters. The minimum Gasteiger partial charge on any atom is -0.368 e. The number of pyridine rings is 1. The first-order chi connectivity index (χ1) is 14.3. The Hall–Kier alpha value is -2.74. The van der Waals surface area contributed by atoms with Crippen molar-refractivity contribution in [3.8, 4) is 0 Å². The Morgan fingerprint density at radius 3 is 2.37 bits per heavy atom. The van der Waals surface area contributed by atoms with Crippen LogP contribution in [0.1, 0.15) is 41.7 Å². The molecule has 0 aliphatic heterocycles. The van der Waals surface area contributed by atoms with Crippen molar-refractivity contribution in [3.63, 3.8) is 0 Å². The number of anilines is 1. The fraction of sp³-hybridized carbons (Fsp3) is 0.333. The summed E-state index contributed by atoms with van der Waals surface area (Å²) in [5.74, 6) is 0.440. The van der Waals surface area contributed by atoms with Gasteiger partial charge in [0, 0.05) is 28.9 Å². The van der Waals surface area contributed by atoms with E-state index < -0.39 is 11.9 Å². The average Bonchev–Trinajstić information content (AvgIpc) is 3.16. The van der Waals surface area contributed by atoms with Gasteiger partial charge in [0.05, 0.1) is 0 Å². The smallest absolute Gasteiger partial charge is 0.368 e. The molecule has 2 aromatic heterocycles. The van der Waals surface area contributed by atoms with Crippen molar-refractivity contribution in [1.82, 2.24) is 14.7 Å². The van der Waals surface area contributed by atoms with Crippen LogP contribution in [0.15, 0.2) is 48.7 Å². The van der Waals surface area contributed by atoms with E-state index in [1.165, 1.54) is 4.40 Å². The number of hydrogen-bond acceptors (Lipinski definition) is 3. The van der Waals surface area contributed by atoms with Crippen LogP contribution in [-0.2, 0) is 6.18 Å². The van der Waals surface area contributed by atoms with Crippen molar-refractivity contribution in [3.05, 3.63) is 64.9 Å². The lowest BCUT2D eigenvalue weighted by atomic mass is 9.91. The molecule has 1 amide bonds. The number of nitrogens with zero attached hydrogens (tertiary/aromatic N) is 2.